The molecule has 2 aliphatic heterocycles. The lowest BCUT2D eigenvalue weighted by atomic mass is 9.89. The maximum absolute atomic E-state index is 14.1. The van der Waals surface area contributed by atoms with Gasteiger partial charge in [0, 0.05) is 49.6 Å². The number of nitrogens with zero attached hydrogens (tertiary/aromatic N) is 2. The zero-order valence-electron chi connectivity index (χ0n) is 17.6. The first-order valence-electron chi connectivity index (χ1n) is 11.0. The van der Waals surface area contributed by atoms with Gasteiger partial charge in [-0.15, -0.1) is 0 Å². The van der Waals surface area contributed by atoms with E-state index in [1.54, 1.807) is 12.1 Å². The van der Waals surface area contributed by atoms with E-state index in [2.05, 4.69) is 15.2 Å². The maximum Gasteiger partial charge on any atom is 0.267 e. The number of H-pyrrole nitrogens is 1. The van der Waals surface area contributed by atoms with E-state index in [9.17, 15) is 14.0 Å². The summed E-state index contributed by atoms with van der Waals surface area (Å²) in [5.74, 6) is -0.245. The van der Waals surface area contributed by atoms with Crippen LogP contribution in [-0.2, 0) is 4.79 Å². The molecule has 0 radical (unpaired) electrons. The second-order valence-electron chi connectivity index (χ2n) is 9.20. The van der Waals surface area contributed by atoms with Crippen LogP contribution in [0, 0.1) is 12.7 Å². The largest absolute Gasteiger partial charge is 0.350 e. The summed E-state index contributed by atoms with van der Waals surface area (Å²) >= 11 is 0. The second-order valence-corrected chi connectivity index (χ2v) is 9.20. The molecule has 3 heterocycles. The van der Waals surface area contributed by atoms with E-state index in [-0.39, 0.29) is 23.7 Å². The molecule has 1 aromatic carbocycles. The molecule has 6 nitrogen and oxygen atoms in total. The molecule has 160 valence electrons. The van der Waals surface area contributed by atoms with Crippen molar-refractivity contribution in [3.63, 3.8) is 0 Å². The number of likely N-dealkylation sites (N-methyl/N-ethyl adjacent to an activating group) is 1. The highest BCUT2D eigenvalue weighted by atomic mass is 19.1. The fraction of sp³-hybridized carbons (Fsp3) is 0.565. The molecule has 0 bridgehead atoms. The minimum absolute atomic E-state index is 0.0995. The second kappa shape index (κ2) is 7.38. The van der Waals surface area contributed by atoms with Crippen molar-refractivity contribution in [1.82, 2.24) is 20.1 Å². The Bertz CT molecular complexity index is 963. The van der Waals surface area contributed by atoms with E-state index < -0.39 is 0 Å². The number of amides is 2. The molecule has 2 N–H and O–H groups in total. The van der Waals surface area contributed by atoms with Crippen molar-refractivity contribution in [3.8, 4) is 0 Å². The fourth-order valence-corrected chi connectivity index (χ4v) is 5.83. The molecule has 1 aliphatic carbocycles. The summed E-state index contributed by atoms with van der Waals surface area (Å²) < 4.78 is 14.1. The number of benzene rings is 1. The summed E-state index contributed by atoms with van der Waals surface area (Å²) in [6.07, 6.45) is 5.70. The molecule has 4 atom stereocenters. The van der Waals surface area contributed by atoms with Crippen molar-refractivity contribution >= 4 is 22.7 Å². The number of rotatable bonds is 3. The number of fused-ring (bicyclic) bond motifs is 2. The molecule has 7 heteroatoms. The Hall–Kier alpha value is -2.41. The highest BCUT2D eigenvalue weighted by molar-refractivity contribution is 5.99. The highest BCUT2D eigenvalue weighted by Gasteiger charge is 2.47. The summed E-state index contributed by atoms with van der Waals surface area (Å²) in [5, 5.41) is 3.63. The van der Waals surface area contributed by atoms with Crippen molar-refractivity contribution < 1.29 is 14.0 Å². The van der Waals surface area contributed by atoms with Crippen molar-refractivity contribution in [2.24, 2.45) is 0 Å². The van der Waals surface area contributed by atoms with Gasteiger partial charge in [-0.2, -0.15) is 0 Å². The smallest absolute Gasteiger partial charge is 0.267 e. The number of nitrogens with one attached hydrogen (secondary N) is 2. The number of aromatic amines is 1. The Morgan fingerprint density at radius 3 is 2.87 bits per heavy atom. The van der Waals surface area contributed by atoms with Crippen LogP contribution in [0.2, 0.25) is 0 Å². The van der Waals surface area contributed by atoms with Crippen LogP contribution in [0.15, 0.2) is 18.2 Å². The first-order chi connectivity index (χ1) is 14.4. The normalized spacial score (nSPS) is 29.6. The third-order valence-electron chi connectivity index (χ3n) is 7.47. The topological polar surface area (TPSA) is 68.4 Å². The van der Waals surface area contributed by atoms with Gasteiger partial charge < -0.3 is 15.2 Å². The lowest BCUT2D eigenvalue weighted by Crippen LogP contribution is -2.48. The summed E-state index contributed by atoms with van der Waals surface area (Å²) in [6.45, 7) is 2.93. The van der Waals surface area contributed by atoms with Crippen LogP contribution in [0.5, 0.6) is 0 Å². The standard InChI is InChI=1S/C23H29FN4O2/c1-13-6-7-17(24)16-11-18(26-22(13)16)23(30)25-14-4-3-5-15(10-14)28-9-8-19-20(28)12-21(29)27(19)2/h6-7,11,14-15,19-20,26H,3-5,8-10,12H2,1-2H3,(H,25,30)/t14-,15?,19-,20-/m1/s1. The maximum atomic E-state index is 14.1. The van der Waals surface area contributed by atoms with Crippen molar-refractivity contribution in [2.45, 2.75) is 69.6 Å². The number of carbonyl (C=O) groups is 2. The van der Waals surface area contributed by atoms with Crippen LogP contribution in [-0.4, -0.2) is 64.4 Å². The van der Waals surface area contributed by atoms with Crippen molar-refractivity contribution in [1.29, 1.82) is 0 Å². The summed E-state index contributed by atoms with van der Waals surface area (Å²) in [5.41, 5.74) is 2.01. The molecule has 2 aromatic rings. The number of carbonyl (C=O) groups excluding carboxylic acids is 2. The van der Waals surface area contributed by atoms with Gasteiger partial charge in [0.05, 0.1) is 5.52 Å². The van der Waals surface area contributed by atoms with E-state index in [4.69, 9.17) is 0 Å². The predicted molar refractivity (Wildman–Crippen MR) is 113 cm³/mol. The number of hydrogen-bond acceptors (Lipinski definition) is 3. The number of aromatic nitrogens is 1. The zero-order valence-corrected chi connectivity index (χ0v) is 17.6. The average molecular weight is 413 g/mol. The molecule has 3 aliphatic rings. The van der Waals surface area contributed by atoms with Crippen molar-refractivity contribution in [3.05, 3.63) is 35.3 Å². The minimum Gasteiger partial charge on any atom is -0.350 e. The molecule has 1 aromatic heterocycles. The van der Waals surface area contributed by atoms with Gasteiger partial charge in [-0.25, -0.2) is 4.39 Å². The number of hydrogen-bond donors (Lipinski definition) is 2. The van der Waals surface area contributed by atoms with Gasteiger partial charge in [0.2, 0.25) is 5.91 Å². The molecular formula is C23H29FN4O2. The fourth-order valence-electron chi connectivity index (χ4n) is 5.83. The Balaban J connectivity index is 1.27. The lowest BCUT2D eigenvalue weighted by Gasteiger charge is -2.38. The summed E-state index contributed by atoms with van der Waals surface area (Å²) in [7, 11) is 1.92. The summed E-state index contributed by atoms with van der Waals surface area (Å²) in [6, 6.07) is 5.93. The van der Waals surface area contributed by atoms with Gasteiger partial charge in [0.15, 0.2) is 0 Å². The molecule has 0 spiro atoms. The quantitative estimate of drug-likeness (QED) is 0.815. The molecule has 30 heavy (non-hydrogen) atoms. The zero-order chi connectivity index (χ0) is 21.0. The van der Waals surface area contributed by atoms with Crippen molar-refractivity contribution in [2.75, 3.05) is 13.6 Å². The Morgan fingerprint density at radius 1 is 1.23 bits per heavy atom. The molecule has 2 amide bonds. The molecule has 3 fully saturated rings. The van der Waals surface area contributed by atoms with E-state index in [0.717, 1.165) is 44.2 Å². The van der Waals surface area contributed by atoms with E-state index in [1.165, 1.54) is 6.07 Å². The van der Waals surface area contributed by atoms with Gasteiger partial charge in [0.25, 0.3) is 5.91 Å². The molecule has 1 saturated carbocycles. The van der Waals surface area contributed by atoms with E-state index in [0.29, 0.717) is 41.1 Å². The highest BCUT2D eigenvalue weighted by Crippen LogP contribution is 2.36. The van der Waals surface area contributed by atoms with Gasteiger partial charge >= 0.3 is 0 Å². The predicted octanol–water partition coefficient (Wildman–Crippen LogP) is 2.96. The van der Waals surface area contributed by atoms with Crippen LogP contribution in [0.3, 0.4) is 0 Å². The monoisotopic (exact) mass is 412 g/mol. The summed E-state index contributed by atoms with van der Waals surface area (Å²) in [4.78, 5) is 32.5. The molecule has 1 unspecified atom stereocenters. The van der Waals surface area contributed by atoms with Gasteiger partial charge in [0.1, 0.15) is 11.5 Å². The van der Waals surface area contributed by atoms with Crippen LogP contribution >= 0.6 is 0 Å². The van der Waals surface area contributed by atoms with Crippen LogP contribution in [0.25, 0.3) is 10.9 Å². The van der Waals surface area contributed by atoms with Gasteiger partial charge in [-0.1, -0.05) is 6.07 Å². The molecular weight excluding hydrogens is 383 g/mol. The first kappa shape index (κ1) is 19.5. The number of halogens is 1. The Labute approximate surface area is 175 Å². The lowest BCUT2D eigenvalue weighted by molar-refractivity contribution is -0.127. The van der Waals surface area contributed by atoms with Crippen LogP contribution < -0.4 is 5.32 Å². The third kappa shape index (κ3) is 3.20. The number of aryl methyl sites for hydroxylation is 1. The third-order valence-corrected chi connectivity index (χ3v) is 7.47. The van der Waals surface area contributed by atoms with Gasteiger partial charge in [-0.3, -0.25) is 14.5 Å². The van der Waals surface area contributed by atoms with Gasteiger partial charge in [-0.05, 0) is 56.7 Å². The molecule has 2 saturated heterocycles. The SMILES string of the molecule is Cc1ccc(F)c2cc(C(=O)N[C@@H]3CCCC(N4CC[C@@H]5[C@H]4CC(=O)N5C)C3)[nH]c12. The number of likely N-dealkylation sites (tertiary alicyclic amines) is 2. The Kier molecular flexibility index (Phi) is 4.81. The van der Waals surface area contributed by atoms with Crippen LogP contribution in [0.1, 0.15) is 54.6 Å². The average Bonchev–Trinajstić information content (AvgIpc) is 3.42. The molecule has 5 rings (SSSR count). The first-order valence-corrected chi connectivity index (χ1v) is 11.0. The van der Waals surface area contributed by atoms with Crippen LogP contribution in [0.4, 0.5) is 4.39 Å². The Morgan fingerprint density at radius 2 is 2.07 bits per heavy atom. The van der Waals surface area contributed by atoms with E-state index >= 15 is 0 Å². The van der Waals surface area contributed by atoms with E-state index in [1.807, 2.05) is 18.9 Å². The minimum atomic E-state index is -0.316.